The van der Waals surface area contributed by atoms with Crippen molar-refractivity contribution < 1.29 is 14.2 Å². The quantitative estimate of drug-likeness (QED) is 0.604. The van der Waals surface area contributed by atoms with Crippen LogP contribution in [0, 0.1) is 6.92 Å². The molecule has 6 nitrogen and oxygen atoms in total. The summed E-state index contributed by atoms with van der Waals surface area (Å²) in [5.41, 5.74) is 3.34. The number of benzene rings is 1. The SMILES string of the molecule is C=C(C)C[N+]1=C(SCc2ccc(C)cc2)N=C2C1C(=O)N(C)C(=O)N2C. The van der Waals surface area contributed by atoms with Crippen LogP contribution >= 0.6 is 11.8 Å². The lowest BCUT2D eigenvalue weighted by Gasteiger charge is -2.30. The molecule has 1 saturated heterocycles. The van der Waals surface area contributed by atoms with Crippen LogP contribution in [-0.2, 0) is 10.5 Å². The molecule has 136 valence electrons. The number of likely N-dealkylation sites (N-methyl/N-ethyl adjacent to an activating group) is 2. The lowest BCUT2D eigenvalue weighted by Crippen LogP contribution is -2.61. The van der Waals surface area contributed by atoms with Crippen LogP contribution < -0.4 is 0 Å². The van der Waals surface area contributed by atoms with Crippen molar-refractivity contribution in [1.82, 2.24) is 9.80 Å². The molecule has 0 aromatic heterocycles. The fraction of sp³-hybridized carbons (Fsp3) is 0.368. The number of imide groups is 1. The van der Waals surface area contributed by atoms with Crippen molar-refractivity contribution in [3.63, 3.8) is 0 Å². The number of aryl methyl sites for hydroxylation is 1. The average molecular weight is 371 g/mol. The van der Waals surface area contributed by atoms with Gasteiger partial charge in [-0.2, -0.15) is 0 Å². The molecule has 0 bridgehead atoms. The van der Waals surface area contributed by atoms with E-state index in [1.807, 2.05) is 11.5 Å². The van der Waals surface area contributed by atoms with Crippen LogP contribution in [-0.4, -0.2) is 64.0 Å². The van der Waals surface area contributed by atoms with Crippen LogP contribution in [0.1, 0.15) is 18.1 Å². The van der Waals surface area contributed by atoms with Crippen molar-refractivity contribution in [2.75, 3.05) is 20.6 Å². The Morgan fingerprint density at radius 1 is 1.23 bits per heavy atom. The van der Waals surface area contributed by atoms with Gasteiger partial charge in [0, 0.05) is 19.8 Å². The van der Waals surface area contributed by atoms with E-state index in [4.69, 9.17) is 0 Å². The fourth-order valence-corrected chi connectivity index (χ4v) is 3.96. The molecule has 3 rings (SSSR count). The number of hydrogen-bond donors (Lipinski definition) is 0. The fourth-order valence-electron chi connectivity index (χ4n) is 2.97. The topological polar surface area (TPSA) is 56.0 Å². The van der Waals surface area contributed by atoms with E-state index in [9.17, 15) is 9.59 Å². The third kappa shape index (κ3) is 3.31. The highest BCUT2D eigenvalue weighted by molar-refractivity contribution is 8.13. The van der Waals surface area contributed by atoms with Gasteiger partial charge in [0.2, 0.25) is 0 Å². The number of amides is 3. The molecule has 1 unspecified atom stereocenters. The minimum Gasteiger partial charge on any atom is -0.269 e. The molecule has 0 aliphatic carbocycles. The Morgan fingerprint density at radius 3 is 2.50 bits per heavy atom. The van der Waals surface area contributed by atoms with Gasteiger partial charge in [-0.05, 0) is 41.7 Å². The maximum atomic E-state index is 12.7. The standard InChI is InChI=1S/C19H23N4O2S/c1-12(2)10-23-15-16(21(4)19(25)22(5)17(15)24)20-18(23)26-11-14-8-6-13(3)7-9-14/h6-9,15H,1,10-11H2,2-5H3/q+1. The summed E-state index contributed by atoms with van der Waals surface area (Å²) in [5.74, 6) is 0.984. The third-order valence-corrected chi connectivity index (χ3v) is 5.48. The Bertz CT molecular complexity index is 842. The number of carbonyl (C=O) groups excluding carboxylic acids is 2. The highest BCUT2D eigenvalue weighted by atomic mass is 32.2. The molecule has 0 spiro atoms. The molecule has 2 aliphatic heterocycles. The zero-order chi connectivity index (χ0) is 19.0. The summed E-state index contributed by atoms with van der Waals surface area (Å²) in [6.07, 6.45) is 0. The molecule has 7 heteroatoms. The average Bonchev–Trinajstić information content (AvgIpc) is 2.95. The molecule has 1 fully saturated rings. The molecule has 1 aromatic carbocycles. The van der Waals surface area contributed by atoms with Crippen LogP contribution in [0.25, 0.3) is 0 Å². The predicted octanol–water partition coefficient (Wildman–Crippen LogP) is 2.48. The lowest BCUT2D eigenvalue weighted by atomic mass is 10.1. The number of hydrogen-bond acceptors (Lipinski definition) is 4. The second kappa shape index (κ2) is 7.07. The van der Waals surface area contributed by atoms with Crippen molar-refractivity contribution >= 4 is 34.7 Å². The van der Waals surface area contributed by atoms with Gasteiger partial charge in [-0.15, -0.1) is 0 Å². The Balaban J connectivity index is 1.91. The summed E-state index contributed by atoms with van der Waals surface area (Å²) in [7, 11) is 3.16. The molecule has 0 radical (unpaired) electrons. The molecule has 1 aromatic rings. The first-order valence-corrected chi connectivity index (χ1v) is 9.38. The molecule has 26 heavy (non-hydrogen) atoms. The van der Waals surface area contributed by atoms with Gasteiger partial charge in [0.1, 0.15) is 6.54 Å². The summed E-state index contributed by atoms with van der Waals surface area (Å²) in [6, 6.07) is 7.42. The van der Waals surface area contributed by atoms with Gasteiger partial charge < -0.3 is 0 Å². The van der Waals surface area contributed by atoms with E-state index in [-0.39, 0.29) is 11.9 Å². The van der Waals surface area contributed by atoms with Crippen LogP contribution in [0.15, 0.2) is 41.4 Å². The van der Waals surface area contributed by atoms with E-state index >= 15 is 0 Å². The van der Waals surface area contributed by atoms with Gasteiger partial charge in [0.15, 0.2) is 0 Å². The number of urea groups is 1. The summed E-state index contributed by atoms with van der Waals surface area (Å²) in [4.78, 5) is 32.2. The highest BCUT2D eigenvalue weighted by Crippen LogP contribution is 2.25. The summed E-state index contributed by atoms with van der Waals surface area (Å²) in [6.45, 7) is 8.48. The van der Waals surface area contributed by atoms with Crippen molar-refractivity contribution in [2.24, 2.45) is 4.99 Å². The van der Waals surface area contributed by atoms with E-state index in [0.29, 0.717) is 12.4 Å². The molecular formula is C19H23N4O2S+. The van der Waals surface area contributed by atoms with Crippen molar-refractivity contribution in [3.05, 3.63) is 47.5 Å². The van der Waals surface area contributed by atoms with Gasteiger partial charge >= 0.3 is 11.2 Å². The number of aliphatic imine (C=N–C) groups is 1. The molecule has 0 saturated carbocycles. The van der Waals surface area contributed by atoms with Crippen LogP contribution in [0.5, 0.6) is 0 Å². The van der Waals surface area contributed by atoms with Crippen LogP contribution in [0.4, 0.5) is 4.79 Å². The van der Waals surface area contributed by atoms with Gasteiger partial charge in [-0.3, -0.25) is 14.6 Å². The van der Waals surface area contributed by atoms with E-state index in [2.05, 4.69) is 42.8 Å². The monoisotopic (exact) mass is 371 g/mol. The Kier molecular flexibility index (Phi) is 5.00. The molecule has 0 N–H and O–H groups in total. The Hall–Kier alpha value is -2.41. The van der Waals surface area contributed by atoms with Crippen LogP contribution in [0.3, 0.4) is 0 Å². The zero-order valence-corrected chi connectivity index (χ0v) is 16.3. The first-order valence-electron chi connectivity index (χ1n) is 8.39. The van der Waals surface area contributed by atoms with Crippen molar-refractivity contribution in [2.45, 2.75) is 25.6 Å². The summed E-state index contributed by atoms with van der Waals surface area (Å²) >= 11 is 1.57. The van der Waals surface area contributed by atoms with Gasteiger partial charge in [0.05, 0.1) is 0 Å². The molecule has 1 atom stereocenters. The number of fused-ring (bicyclic) bond motifs is 1. The molecule has 3 amide bonds. The molecular weight excluding hydrogens is 348 g/mol. The smallest absolute Gasteiger partial charge is 0.269 e. The second-order valence-electron chi connectivity index (χ2n) is 6.75. The Morgan fingerprint density at radius 2 is 1.88 bits per heavy atom. The van der Waals surface area contributed by atoms with E-state index in [1.54, 1.807) is 18.8 Å². The minimum atomic E-state index is -0.570. The van der Waals surface area contributed by atoms with Crippen molar-refractivity contribution in [1.29, 1.82) is 0 Å². The van der Waals surface area contributed by atoms with Crippen LogP contribution in [0.2, 0.25) is 0 Å². The van der Waals surface area contributed by atoms with E-state index in [1.165, 1.54) is 23.1 Å². The van der Waals surface area contributed by atoms with Gasteiger partial charge in [-0.25, -0.2) is 9.37 Å². The van der Waals surface area contributed by atoms with Gasteiger partial charge in [0.25, 0.3) is 17.8 Å². The molecule has 2 heterocycles. The second-order valence-corrected chi connectivity index (χ2v) is 7.70. The normalized spacial score (nSPS) is 19.8. The first kappa shape index (κ1) is 18.4. The summed E-state index contributed by atoms with van der Waals surface area (Å²) in [5, 5.41) is 0.747. The summed E-state index contributed by atoms with van der Waals surface area (Å²) < 4.78 is 1.94. The maximum absolute atomic E-state index is 12.7. The number of nitrogens with zero attached hydrogens (tertiary/aromatic N) is 4. The third-order valence-electron chi connectivity index (χ3n) is 4.42. The number of amidine groups is 2. The number of thioether (sulfide) groups is 1. The minimum absolute atomic E-state index is 0.251. The predicted molar refractivity (Wildman–Crippen MR) is 105 cm³/mol. The lowest BCUT2D eigenvalue weighted by molar-refractivity contribution is -0.524. The van der Waals surface area contributed by atoms with E-state index in [0.717, 1.165) is 21.4 Å². The van der Waals surface area contributed by atoms with E-state index < -0.39 is 6.04 Å². The Labute approximate surface area is 157 Å². The first-order chi connectivity index (χ1) is 12.3. The number of carbonyl (C=O) groups is 2. The van der Waals surface area contributed by atoms with Gasteiger partial charge in [-0.1, -0.05) is 36.4 Å². The molecule has 2 aliphatic rings. The highest BCUT2D eigenvalue weighted by Gasteiger charge is 2.53. The number of rotatable bonds is 4. The largest absolute Gasteiger partial charge is 0.358 e. The van der Waals surface area contributed by atoms with Crippen molar-refractivity contribution in [3.8, 4) is 0 Å². The zero-order valence-electron chi connectivity index (χ0n) is 15.5. The maximum Gasteiger partial charge on any atom is 0.358 e.